The van der Waals surface area contributed by atoms with E-state index in [1.165, 1.54) is 12.2 Å². The molecule has 2 aromatic heterocycles. The Morgan fingerprint density at radius 3 is 2.86 bits per heavy atom. The number of hydrogen-bond donors (Lipinski definition) is 0. The summed E-state index contributed by atoms with van der Waals surface area (Å²) in [6.45, 7) is 3.96. The number of ether oxygens (including phenoxy) is 1. The fourth-order valence-electron chi connectivity index (χ4n) is 3.68. The maximum Gasteiger partial charge on any atom is 0.160 e. The summed E-state index contributed by atoms with van der Waals surface area (Å²) in [5, 5.41) is 0. The van der Waals surface area contributed by atoms with E-state index in [9.17, 15) is 0 Å². The summed E-state index contributed by atoms with van der Waals surface area (Å²) >= 11 is 0. The largest absolute Gasteiger partial charge is 0.381 e. The standard InChI is InChI=1S/C16H22N4O/c1-19-8-4-12(11-19)15-18-14-3-2-7-17-16(14)20(15)13-5-9-21-10-6-13/h2-3,7,12-13H,4-6,8-11H2,1H3. The Morgan fingerprint density at radius 2 is 2.10 bits per heavy atom. The van der Waals surface area contributed by atoms with Gasteiger partial charge in [-0.1, -0.05) is 0 Å². The molecule has 1 unspecified atom stereocenters. The number of likely N-dealkylation sites (tertiary alicyclic amines) is 1. The maximum atomic E-state index is 5.53. The molecule has 1 atom stereocenters. The van der Waals surface area contributed by atoms with Crippen LogP contribution in [0.15, 0.2) is 18.3 Å². The van der Waals surface area contributed by atoms with Crippen LogP contribution in [0.5, 0.6) is 0 Å². The Balaban J connectivity index is 1.80. The van der Waals surface area contributed by atoms with Crippen molar-refractivity contribution in [3.8, 4) is 0 Å². The Bertz CT molecular complexity index is 632. The molecular weight excluding hydrogens is 264 g/mol. The quantitative estimate of drug-likeness (QED) is 0.849. The van der Waals surface area contributed by atoms with Gasteiger partial charge in [0, 0.05) is 37.9 Å². The van der Waals surface area contributed by atoms with Crippen molar-refractivity contribution in [3.05, 3.63) is 24.2 Å². The highest BCUT2D eigenvalue weighted by Crippen LogP contribution is 2.33. The molecule has 0 saturated carbocycles. The second kappa shape index (κ2) is 5.39. The molecule has 2 saturated heterocycles. The van der Waals surface area contributed by atoms with E-state index in [1.807, 2.05) is 12.3 Å². The fraction of sp³-hybridized carbons (Fsp3) is 0.625. The molecule has 0 aromatic carbocycles. The van der Waals surface area contributed by atoms with Crippen molar-refractivity contribution in [3.63, 3.8) is 0 Å². The molecule has 5 nitrogen and oxygen atoms in total. The van der Waals surface area contributed by atoms with E-state index in [0.717, 1.165) is 50.3 Å². The van der Waals surface area contributed by atoms with Crippen LogP contribution < -0.4 is 0 Å². The molecular formula is C16H22N4O. The van der Waals surface area contributed by atoms with E-state index in [4.69, 9.17) is 9.72 Å². The molecule has 2 aliphatic rings. The number of hydrogen-bond acceptors (Lipinski definition) is 4. The lowest BCUT2D eigenvalue weighted by molar-refractivity contribution is 0.0694. The molecule has 0 amide bonds. The van der Waals surface area contributed by atoms with Crippen molar-refractivity contribution in [2.75, 3.05) is 33.4 Å². The van der Waals surface area contributed by atoms with Crippen LogP contribution in [-0.2, 0) is 4.74 Å². The van der Waals surface area contributed by atoms with Crippen LogP contribution in [0.25, 0.3) is 11.2 Å². The number of imidazole rings is 1. The minimum atomic E-state index is 0.486. The summed E-state index contributed by atoms with van der Waals surface area (Å²) in [5.41, 5.74) is 2.09. The van der Waals surface area contributed by atoms with Gasteiger partial charge >= 0.3 is 0 Å². The van der Waals surface area contributed by atoms with Crippen LogP contribution in [0, 0.1) is 0 Å². The molecule has 2 fully saturated rings. The van der Waals surface area contributed by atoms with Crippen molar-refractivity contribution < 1.29 is 4.74 Å². The highest BCUT2D eigenvalue weighted by molar-refractivity contribution is 5.71. The van der Waals surface area contributed by atoms with Crippen LogP contribution in [0.4, 0.5) is 0 Å². The smallest absolute Gasteiger partial charge is 0.160 e. The number of fused-ring (bicyclic) bond motifs is 1. The van der Waals surface area contributed by atoms with Gasteiger partial charge in [0.1, 0.15) is 11.3 Å². The van der Waals surface area contributed by atoms with Gasteiger partial charge in [-0.2, -0.15) is 0 Å². The minimum absolute atomic E-state index is 0.486. The molecule has 0 N–H and O–H groups in total. The SMILES string of the molecule is CN1CCC(c2nc3cccnc3n2C2CCOCC2)C1. The van der Waals surface area contributed by atoms with E-state index >= 15 is 0 Å². The first kappa shape index (κ1) is 13.2. The summed E-state index contributed by atoms with van der Waals surface area (Å²) in [6, 6.07) is 4.55. The predicted octanol–water partition coefficient (Wildman–Crippen LogP) is 2.20. The van der Waals surface area contributed by atoms with Gasteiger partial charge < -0.3 is 14.2 Å². The average molecular weight is 286 g/mol. The molecule has 0 aliphatic carbocycles. The van der Waals surface area contributed by atoms with Crippen LogP contribution in [0.3, 0.4) is 0 Å². The first-order chi connectivity index (χ1) is 10.3. The lowest BCUT2D eigenvalue weighted by atomic mass is 10.1. The summed E-state index contributed by atoms with van der Waals surface area (Å²) < 4.78 is 7.95. The van der Waals surface area contributed by atoms with Crippen molar-refractivity contribution in [1.82, 2.24) is 19.4 Å². The van der Waals surface area contributed by atoms with Gasteiger partial charge in [0.25, 0.3) is 0 Å². The van der Waals surface area contributed by atoms with Gasteiger partial charge in [0.2, 0.25) is 0 Å². The van der Waals surface area contributed by atoms with Gasteiger partial charge in [-0.25, -0.2) is 9.97 Å². The summed E-state index contributed by atoms with van der Waals surface area (Å²) in [6.07, 6.45) is 5.21. The zero-order valence-corrected chi connectivity index (χ0v) is 12.5. The van der Waals surface area contributed by atoms with Crippen molar-refractivity contribution in [2.24, 2.45) is 0 Å². The average Bonchev–Trinajstić information content (AvgIpc) is 3.11. The summed E-state index contributed by atoms with van der Waals surface area (Å²) in [4.78, 5) is 11.9. The summed E-state index contributed by atoms with van der Waals surface area (Å²) in [7, 11) is 2.19. The van der Waals surface area contributed by atoms with Crippen molar-refractivity contribution in [2.45, 2.75) is 31.2 Å². The van der Waals surface area contributed by atoms with Crippen LogP contribution in [-0.4, -0.2) is 52.8 Å². The molecule has 5 heteroatoms. The van der Waals surface area contributed by atoms with E-state index in [1.54, 1.807) is 0 Å². The van der Waals surface area contributed by atoms with Crippen molar-refractivity contribution >= 4 is 11.2 Å². The zero-order chi connectivity index (χ0) is 14.2. The number of likely N-dealkylation sites (N-methyl/N-ethyl adjacent to an activating group) is 1. The first-order valence-electron chi connectivity index (χ1n) is 7.92. The third kappa shape index (κ3) is 2.34. The van der Waals surface area contributed by atoms with Crippen molar-refractivity contribution in [1.29, 1.82) is 0 Å². The van der Waals surface area contributed by atoms with Gasteiger partial charge in [0.05, 0.1) is 0 Å². The number of nitrogens with zero attached hydrogens (tertiary/aromatic N) is 4. The third-order valence-corrected chi connectivity index (χ3v) is 4.79. The number of pyridine rings is 1. The Hall–Kier alpha value is -1.46. The normalized spacial score (nSPS) is 24.9. The van der Waals surface area contributed by atoms with Crippen LogP contribution in [0.1, 0.15) is 37.0 Å². The van der Waals surface area contributed by atoms with Crippen LogP contribution in [0.2, 0.25) is 0 Å². The van der Waals surface area contributed by atoms with Gasteiger partial charge in [-0.15, -0.1) is 0 Å². The minimum Gasteiger partial charge on any atom is -0.381 e. The lowest BCUT2D eigenvalue weighted by Gasteiger charge is -2.26. The fourth-order valence-corrected chi connectivity index (χ4v) is 3.68. The summed E-state index contributed by atoms with van der Waals surface area (Å²) in [5.74, 6) is 1.77. The maximum absolute atomic E-state index is 5.53. The molecule has 112 valence electrons. The molecule has 2 aromatic rings. The van der Waals surface area contributed by atoms with E-state index < -0.39 is 0 Å². The topological polar surface area (TPSA) is 43.2 Å². The second-order valence-electron chi connectivity index (χ2n) is 6.28. The highest BCUT2D eigenvalue weighted by Gasteiger charge is 2.30. The lowest BCUT2D eigenvalue weighted by Crippen LogP contribution is -2.23. The molecule has 4 rings (SSSR count). The Labute approximate surface area is 124 Å². The molecule has 0 bridgehead atoms. The number of aromatic nitrogens is 3. The van der Waals surface area contributed by atoms with Crippen LogP contribution >= 0.6 is 0 Å². The predicted molar refractivity (Wildman–Crippen MR) is 81.5 cm³/mol. The first-order valence-corrected chi connectivity index (χ1v) is 7.92. The molecule has 0 radical (unpaired) electrons. The number of rotatable bonds is 2. The Kier molecular flexibility index (Phi) is 3.39. The molecule has 0 spiro atoms. The monoisotopic (exact) mass is 286 g/mol. The van der Waals surface area contributed by atoms with Gasteiger partial charge in [0.15, 0.2) is 5.65 Å². The Morgan fingerprint density at radius 1 is 1.24 bits per heavy atom. The van der Waals surface area contributed by atoms with E-state index in [2.05, 4.69) is 27.6 Å². The zero-order valence-electron chi connectivity index (χ0n) is 12.5. The van der Waals surface area contributed by atoms with E-state index in [0.29, 0.717) is 12.0 Å². The second-order valence-corrected chi connectivity index (χ2v) is 6.28. The van der Waals surface area contributed by atoms with Gasteiger partial charge in [-0.3, -0.25) is 0 Å². The molecule has 2 aliphatic heterocycles. The third-order valence-electron chi connectivity index (χ3n) is 4.79. The highest BCUT2D eigenvalue weighted by atomic mass is 16.5. The molecule has 21 heavy (non-hydrogen) atoms. The molecule has 4 heterocycles. The van der Waals surface area contributed by atoms with E-state index in [-0.39, 0.29) is 0 Å². The van der Waals surface area contributed by atoms with Gasteiger partial charge in [-0.05, 0) is 45.0 Å².